The Morgan fingerprint density at radius 3 is 1.52 bits per heavy atom. The molecule has 0 radical (unpaired) electrons. The third kappa shape index (κ3) is 29.1. The van der Waals surface area contributed by atoms with Crippen molar-refractivity contribution < 1.29 is 39.0 Å². The molecule has 278 valence electrons. The van der Waals surface area contributed by atoms with Crippen molar-refractivity contribution in [3.8, 4) is 0 Å². The summed E-state index contributed by atoms with van der Waals surface area (Å²) in [6.07, 6.45) is 20.2. The zero-order chi connectivity index (χ0) is 35.8. The summed E-state index contributed by atoms with van der Waals surface area (Å²) in [5.41, 5.74) is 11.5. The molecule has 0 spiro atoms. The van der Waals surface area contributed by atoms with Crippen molar-refractivity contribution in [1.29, 1.82) is 0 Å². The number of carboxylic acids is 2. The molecule has 0 aliphatic carbocycles. The van der Waals surface area contributed by atoms with E-state index >= 15 is 0 Å². The highest BCUT2D eigenvalue weighted by Crippen LogP contribution is 2.14. The number of hydrogen-bond donors (Lipinski definition) is 7. The van der Waals surface area contributed by atoms with Crippen molar-refractivity contribution in [3.05, 3.63) is 0 Å². The maximum Gasteiger partial charge on any atom is 0.326 e. The van der Waals surface area contributed by atoms with Gasteiger partial charge in [0.15, 0.2) is 0 Å². The lowest BCUT2D eigenvalue weighted by Gasteiger charge is -2.15. The molecule has 0 aromatic rings. The maximum absolute atomic E-state index is 12.3. The number of amides is 3. The van der Waals surface area contributed by atoms with Crippen LogP contribution in [0.3, 0.4) is 0 Å². The van der Waals surface area contributed by atoms with Gasteiger partial charge in [-0.1, -0.05) is 77.0 Å². The van der Waals surface area contributed by atoms with Crippen molar-refractivity contribution in [3.63, 3.8) is 0 Å². The van der Waals surface area contributed by atoms with Crippen LogP contribution in [0, 0.1) is 0 Å². The first kappa shape index (κ1) is 44.9. The van der Waals surface area contributed by atoms with Gasteiger partial charge in [0.25, 0.3) is 0 Å². The van der Waals surface area contributed by atoms with Gasteiger partial charge in [-0.2, -0.15) is 0 Å². The monoisotopic (exact) mass is 683 g/mol. The number of nitrogens with one attached hydrogen (secondary N) is 3. The summed E-state index contributed by atoms with van der Waals surface area (Å²) in [4.78, 5) is 69.1. The Hall–Kier alpha value is -3.06. The van der Waals surface area contributed by atoms with Crippen LogP contribution in [0.15, 0.2) is 0 Å². The fourth-order valence-electron chi connectivity index (χ4n) is 5.33. The molecular weight excluding hydrogens is 618 g/mol. The molecular formula is C35H65N5O8. The zero-order valence-corrected chi connectivity index (χ0v) is 29.2. The summed E-state index contributed by atoms with van der Waals surface area (Å²) in [7, 11) is 0. The molecule has 0 aromatic heterocycles. The highest BCUT2D eigenvalue weighted by Gasteiger charge is 2.21. The standard InChI is InChI=1S/C35H65N5O8/c36-28(27-41)19-15-17-26-39-34(46)29(37)20-16-18-25-38-31(42)24-23-30(35(47)48)40-32(43)21-13-11-9-7-5-3-1-2-4-6-8-10-12-14-22-33(44)45/h27-30H,1-26,36-37H2,(H,38,42)(H,39,46)(H,40,43)(H,44,45)(H,47,48)/t28-,29-,30-/m0/s1. The third-order valence-corrected chi connectivity index (χ3v) is 8.38. The van der Waals surface area contributed by atoms with Crippen LogP contribution in [0.1, 0.15) is 154 Å². The van der Waals surface area contributed by atoms with Gasteiger partial charge in [0.1, 0.15) is 12.3 Å². The van der Waals surface area contributed by atoms with Gasteiger partial charge in [-0.3, -0.25) is 19.2 Å². The lowest BCUT2D eigenvalue weighted by molar-refractivity contribution is -0.142. The Kier molecular flexibility index (Phi) is 29.2. The number of aliphatic carboxylic acids is 2. The fraction of sp³-hybridized carbons (Fsp3) is 0.829. The first-order valence-corrected chi connectivity index (χ1v) is 18.3. The topological polar surface area (TPSA) is 231 Å². The van der Waals surface area contributed by atoms with E-state index in [2.05, 4.69) is 16.0 Å². The van der Waals surface area contributed by atoms with Gasteiger partial charge in [-0.25, -0.2) is 4.79 Å². The van der Waals surface area contributed by atoms with Gasteiger partial charge in [0.05, 0.1) is 12.1 Å². The maximum atomic E-state index is 12.3. The molecule has 0 fully saturated rings. The second kappa shape index (κ2) is 31.2. The van der Waals surface area contributed by atoms with Crippen LogP contribution in [-0.2, 0) is 28.8 Å². The van der Waals surface area contributed by atoms with Crippen LogP contribution in [0.2, 0.25) is 0 Å². The van der Waals surface area contributed by atoms with E-state index in [1.54, 1.807) is 0 Å². The van der Waals surface area contributed by atoms with Crippen LogP contribution in [0.5, 0.6) is 0 Å². The van der Waals surface area contributed by atoms with Crippen LogP contribution < -0.4 is 27.4 Å². The van der Waals surface area contributed by atoms with Gasteiger partial charge >= 0.3 is 11.9 Å². The van der Waals surface area contributed by atoms with E-state index in [0.717, 1.165) is 44.9 Å². The molecule has 13 heteroatoms. The summed E-state index contributed by atoms with van der Waals surface area (Å²) in [5.74, 6) is -2.72. The van der Waals surface area contributed by atoms with Gasteiger partial charge in [-0.15, -0.1) is 0 Å². The SMILES string of the molecule is N[C@H](C=O)CCCCNC(=O)[C@@H](N)CCCCNC(=O)CC[C@H](NC(=O)CCCCCCCCCCCCCCCCC(=O)O)C(=O)O. The number of rotatable bonds is 34. The largest absolute Gasteiger partial charge is 0.481 e. The number of nitrogens with two attached hydrogens (primary N) is 2. The predicted molar refractivity (Wildman–Crippen MR) is 186 cm³/mol. The van der Waals surface area contributed by atoms with Crippen molar-refractivity contribution in [2.75, 3.05) is 13.1 Å². The zero-order valence-electron chi connectivity index (χ0n) is 29.2. The molecule has 0 bridgehead atoms. The molecule has 0 unspecified atom stereocenters. The Bertz CT molecular complexity index is 904. The number of carbonyl (C=O) groups is 6. The summed E-state index contributed by atoms with van der Waals surface area (Å²) < 4.78 is 0. The van der Waals surface area contributed by atoms with E-state index < -0.39 is 30.1 Å². The Labute approximate surface area is 287 Å². The minimum absolute atomic E-state index is 0.00578. The van der Waals surface area contributed by atoms with E-state index in [9.17, 15) is 33.9 Å². The molecule has 0 saturated carbocycles. The van der Waals surface area contributed by atoms with Gasteiger partial charge in [-0.05, 0) is 57.8 Å². The number of hydrogen-bond acceptors (Lipinski definition) is 8. The van der Waals surface area contributed by atoms with Gasteiger partial charge in [0.2, 0.25) is 17.7 Å². The van der Waals surface area contributed by atoms with Crippen molar-refractivity contribution in [2.24, 2.45) is 11.5 Å². The first-order valence-electron chi connectivity index (χ1n) is 18.3. The van der Waals surface area contributed by atoms with E-state index in [1.165, 1.54) is 44.9 Å². The molecule has 0 saturated heterocycles. The molecule has 0 aliphatic rings. The molecule has 9 N–H and O–H groups in total. The van der Waals surface area contributed by atoms with Crippen molar-refractivity contribution in [1.82, 2.24) is 16.0 Å². The lowest BCUT2D eigenvalue weighted by Crippen LogP contribution is -2.41. The lowest BCUT2D eigenvalue weighted by atomic mass is 10.0. The van der Waals surface area contributed by atoms with Crippen molar-refractivity contribution in [2.45, 2.75) is 172 Å². The van der Waals surface area contributed by atoms with E-state index in [-0.39, 0.29) is 43.4 Å². The minimum atomic E-state index is -1.16. The molecule has 0 heterocycles. The Balaban J connectivity index is 3.79. The molecule has 13 nitrogen and oxygen atoms in total. The highest BCUT2D eigenvalue weighted by molar-refractivity contribution is 5.84. The quantitative estimate of drug-likeness (QED) is 0.0379. The van der Waals surface area contributed by atoms with Crippen molar-refractivity contribution >= 4 is 35.9 Å². The van der Waals surface area contributed by atoms with E-state index in [4.69, 9.17) is 16.6 Å². The highest BCUT2D eigenvalue weighted by atomic mass is 16.4. The van der Waals surface area contributed by atoms with E-state index in [1.807, 2.05) is 0 Å². The predicted octanol–water partition coefficient (Wildman–Crippen LogP) is 4.09. The minimum Gasteiger partial charge on any atom is -0.481 e. The first-order chi connectivity index (χ1) is 23.1. The molecule has 3 amide bonds. The normalized spacial score (nSPS) is 12.9. The number of carbonyl (C=O) groups excluding carboxylic acids is 4. The fourth-order valence-corrected chi connectivity index (χ4v) is 5.33. The summed E-state index contributed by atoms with van der Waals surface area (Å²) in [6.45, 7) is 0.851. The molecule has 0 aliphatic heterocycles. The summed E-state index contributed by atoms with van der Waals surface area (Å²) >= 11 is 0. The van der Waals surface area contributed by atoms with E-state index in [0.29, 0.717) is 57.9 Å². The Morgan fingerprint density at radius 1 is 0.542 bits per heavy atom. The van der Waals surface area contributed by atoms with Gasteiger partial charge in [0, 0.05) is 32.4 Å². The second-order valence-corrected chi connectivity index (χ2v) is 12.9. The summed E-state index contributed by atoms with van der Waals surface area (Å²) in [5, 5.41) is 26.2. The average Bonchev–Trinajstić information content (AvgIpc) is 3.05. The average molecular weight is 684 g/mol. The Morgan fingerprint density at radius 2 is 1.02 bits per heavy atom. The van der Waals surface area contributed by atoms with Crippen LogP contribution in [0.25, 0.3) is 0 Å². The number of carboxylic acid groups (broad SMARTS) is 2. The molecule has 0 rings (SSSR count). The molecule has 0 aromatic carbocycles. The molecule has 3 atom stereocenters. The number of aldehydes is 1. The van der Waals surface area contributed by atoms with Crippen LogP contribution in [0.4, 0.5) is 0 Å². The smallest absolute Gasteiger partial charge is 0.326 e. The third-order valence-electron chi connectivity index (χ3n) is 8.38. The number of unbranched alkanes of at least 4 members (excludes halogenated alkanes) is 15. The van der Waals surface area contributed by atoms with Crippen LogP contribution >= 0.6 is 0 Å². The summed E-state index contributed by atoms with van der Waals surface area (Å²) in [6, 6.07) is -2.23. The second-order valence-electron chi connectivity index (χ2n) is 12.9. The van der Waals surface area contributed by atoms with Gasteiger partial charge < -0.3 is 42.4 Å². The molecule has 48 heavy (non-hydrogen) atoms. The van der Waals surface area contributed by atoms with Crippen LogP contribution in [-0.4, -0.2) is 77.4 Å².